The van der Waals surface area contributed by atoms with E-state index in [9.17, 15) is 9.18 Å². The van der Waals surface area contributed by atoms with Gasteiger partial charge in [-0.15, -0.1) is 0 Å². The molecule has 5 nitrogen and oxygen atoms in total. The Kier molecular flexibility index (Phi) is 3.90. The highest BCUT2D eigenvalue weighted by molar-refractivity contribution is 5.98. The van der Waals surface area contributed by atoms with Gasteiger partial charge in [-0.3, -0.25) is 4.79 Å². The van der Waals surface area contributed by atoms with E-state index in [0.717, 1.165) is 33.5 Å². The van der Waals surface area contributed by atoms with Crippen LogP contribution in [0.4, 0.5) is 10.2 Å². The molecule has 0 aliphatic heterocycles. The number of benzene rings is 1. The second-order valence-corrected chi connectivity index (χ2v) is 6.67. The van der Waals surface area contributed by atoms with Crippen LogP contribution >= 0.6 is 0 Å². The second-order valence-electron chi connectivity index (χ2n) is 6.67. The topological polar surface area (TPSA) is 56.1 Å². The molecule has 0 spiro atoms. The number of carbonyl (C=O) groups is 1. The zero-order valence-electron chi connectivity index (χ0n) is 14.9. The molecule has 1 fully saturated rings. The standard InChI is InChI=1S/C20H20FN3O2/c1-11-13-9-18(23-20(25)14-8-15(14)21)22-10-16(13)24(2)19(11)12-6-4-5-7-17(12)26-3/h4-7,9-10,14-15H,8H2,1-3H3,(H,22,23,25)/t14-,15+/m0/s1. The molecule has 3 aromatic rings. The monoisotopic (exact) mass is 353 g/mol. The summed E-state index contributed by atoms with van der Waals surface area (Å²) in [7, 11) is 3.64. The molecular weight excluding hydrogens is 333 g/mol. The average Bonchev–Trinajstić information content (AvgIpc) is 3.33. The van der Waals surface area contributed by atoms with Crippen LogP contribution in [0.3, 0.4) is 0 Å². The molecule has 2 atom stereocenters. The Morgan fingerprint density at radius 2 is 2.12 bits per heavy atom. The molecule has 2 heterocycles. The summed E-state index contributed by atoms with van der Waals surface area (Å²) in [6.07, 6.45) is 1.02. The van der Waals surface area contributed by atoms with Crippen molar-refractivity contribution in [3.8, 4) is 17.0 Å². The molecule has 1 amide bonds. The number of ether oxygens (including phenoxy) is 1. The molecule has 0 radical (unpaired) electrons. The van der Waals surface area contributed by atoms with Gasteiger partial charge in [-0.1, -0.05) is 12.1 Å². The van der Waals surface area contributed by atoms with E-state index < -0.39 is 12.1 Å². The maximum Gasteiger partial charge on any atom is 0.231 e. The Balaban J connectivity index is 1.77. The lowest BCUT2D eigenvalue weighted by atomic mass is 10.1. The zero-order valence-corrected chi connectivity index (χ0v) is 14.9. The number of alkyl halides is 1. The minimum absolute atomic E-state index is 0.302. The predicted molar refractivity (Wildman–Crippen MR) is 99.1 cm³/mol. The van der Waals surface area contributed by atoms with Gasteiger partial charge in [0.25, 0.3) is 0 Å². The predicted octanol–water partition coefficient (Wildman–Crippen LogP) is 3.85. The first-order chi connectivity index (χ1) is 12.5. The average molecular weight is 353 g/mol. The fourth-order valence-corrected chi connectivity index (χ4v) is 3.46. The van der Waals surface area contributed by atoms with Gasteiger partial charge >= 0.3 is 0 Å². The van der Waals surface area contributed by atoms with Crippen LogP contribution in [0.1, 0.15) is 12.0 Å². The summed E-state index contributed by atoms with van der Waals surface area (Å²) in [5.74, 6) is 0.406. The van der Waals surface area contributed by atoms with Crippen LogP contribution in [0.15, 0.2) is 36.5 Å². The summed E-state index contributed by atoms with van der Waals surface area (Å²) in [6.45, 7) is 2.04. The summed E-state index contributed by atoms with van der Waals surface area (Å²) in [5.41, 5.74) is 4.06. The van der Waals surface area contributed by atoms with Crippen molar-refractivity contribution in [2.24, 2.45) is 13.0 Å². The lowest BCUT2D eigenvalue weighted by molar-refractivity contribution is -0.117. The van der Waals surface area contributed by atoms with Crippen LogP contribution in [-0.2, 0) is 11.8 Å². The molecule has 6 heteroatoms. The number of hydrogen-bond donors (Lipinski definition) is 1. The van der Waals surface area contributed by atoms with Crippen LogP contribution in [0.25, 0.3) is 22.2 Å². The quantitative estimate of drug-likeness (QED) is 0.775. The SMILES string of the molecule is COc1ccccc1-c1c(C)c2cc(NC(=O)[C@H]3C[C@H]3F)ncc2n1C. The van der Waals surface area contributed by atoms with Gasteiger partial charge in [0, 0.05) is 18.0 Å². The molecule has 26 heavy (non-hydrogen) atoms. The van der Waals surface area contributed by atoms with E-state index in [1.165, 1.54) is 0 Å². The number of hydrogen-bond acceptors (Lipinski definition) is 3. The van der Waals surface area contributed by atoms with Gasteiger partial charge in [-0.05, 0) is 37.1 Å². The normalized spacial score (nSPS) is 18.8. The van der Waals surface area contributed by atoms with Gasteiger partial charge in [0.15, 0.2) is 0 Å². The van der Waals surface area contributed by atoms with Gasteiger partial charge in [0.1, 0.15) is 17.7 Å². The minimum Gasteiger partial charge on any atom is -0.496 e. The maximum absolute atomic E-state index is 13.1. The first-order valence-corrected chi connectivity index (χ1v) is 8.54. The molecule has 1 aliphatic carbocycles. The molecule has 1 aliphatic rings. The van der Waals surface area contributed by atoms with Crippen molar-refractivity contribution in [2.45, 2.75) is 19.5 Å². The van der Waals surface area contributed by atoms with E-state index in [1.54, 1.807) is 13.3 Å². The Morgan fingerprint density at radius 1 is 1.38 bits per heavy atom. The number of pyridine rings is 1. The van der Waals surface area contributed by atoms with Crippen molar-refractivity contribution >= 4 is 22.6 Å². The summed E-state index contributed by atoms with van der Waals surface area (Å²) < 4.78 is 20.6. The number of nitrogens with one attached hydrogen (secondary N) is 1. The number of aryl methyl sites for hydroxylation is 2. The van der Waals surface area contributed by atoms with Crippen molar-refractivity contribution in [1.29, 1.82) is 0 Å². The second kappa shape index (κ2) is 6.12. The smallest absolute Gasteiger partial charge is 0.231 e. The van der Waals surface area contributed by atoms with Gasteiger partial charge < -0.3 is 14.6 Å². The molecule has 1 saturated carbocycles. The molecule has 4 rings (SSSR count). The molecule has 134 valence electrons. The fourth-order valence-electron chi connectivity index (χ4n) is 3.46. The van der Waals surface area contributed by atoms with Gasteiger partial charge in [0.2, 0.25) is 5.91 Å². The number of anilines is 1. The number of amides is 1. The summed E-state index contributed by atoms with van der Waals surface area (Å²) in [5, 5.41) is 3.71. The van der Waals surface area contributed by atoms with Crippen molar-refractivity contribution in [1.82, 2.24) is 9.55 Å². The van der Waals surface area contributed by atoms with Gasteiger partial charge in [-0.25, -0.2) is 9.37 Å². The van der Waals surface area contributed by atoms with E-state index in [4.69, 9.17) is 4.74 Å². The van der Waals surface area contributed by atoms with E-state index >= 15 is 0 Å². The Hall–Kier alpha value is -2.89. The number of para-hydroxylation sites is 1. The Bertz CT molecular complexity index is 1010. The first kappa shape index (κ1) is 16.6. The van der Waals surface area contributed by atoms with Crippen LogP contribution in [0, 0.1) is 12.8 Å². The molecule has 1 N–H and O–H groups in total. The number of aromatic nitrogens is 2. The molecule has 2 aromatic heterocycles. The molecule has 1 aromatic carbocycles. The number of carbonyl (C=O) groups excluding carboxylic acids is 1. The summed E-state index contributed by atoms with van der Waals surface area (Å²) in [4.78, 5) is 16.3. The number of halogens is 1. The van der Waals surface area contributed by atoms with Crippen LogP contribution < -0.4 is 10.1 Å². The first-order valence-electron chi connectivity index (χ1n) is 8.54. The Morgan fingerprint density at radius 3 is 2.81 bits per heavy atom. The number of nitrogens with zero attached hydrogens (tertiary/aromatic N) is 2. The molecule has 0 bridgehead atoms. The van der Waals surface area contributed by atoms with E-state index in [2.05, 4.69) is 14.9 Å². The minimum atomic E-state index is -1.02. The van der Waals surface area contributed by atoms with Crippen molar-refractivity contribution in [3.63, 3.8) is 0 Å². The third-order valence-corrected chi connectivity index (χ3v) is 5.00. The molecule has 0 saturated heterocycles. The zero-order chi connectivity index (χ0) is 18.4. The number of fused-ring (bicyclic) bond motifs is 1. The largest absolute Gasteiger partial charge is 0.496 e. The number of rotatable bonds is 4. The third kappa shape index (κ3) is 2.62. The van der Waals surface area contributed by atoms with E-state index in [1.807, 2.05) is 44.3 Å². The summed E-state index contributed by atoms with van der Waals surface area (Å²) >= 11 is 0. The van der Waals surface area contributed by atoms with Gasteiger partial charge in [-0.2, -0.15) is 0 Å². The highest BCUT2D eigenvalue weighted by Crippen LogP contribution is 2.38. The third-order valence-electron chi connectivity index (χ3n) is 5.00. The van der Waals surface area contributed by atoms with E-state index in [-0.39, 0.29) is 5.91 Å². The fraction of sp³-hybridized carbons (Fsp3) is 0.300. The van der Waals surface area contributed by atoms with Crippen molar-refractivity contribution in [2.75, 3.05) is 12.4 Å². The van der Waals surface area contributed by atoms with Gasteiger partial charge in [0.05, 0.1) is 30.4 Å². The highest BCUT2D eigenvalue weighted by atomic mass is 19.1. The van der Waals surface area contributed by atoms with Crippen LogP contribution in [-0.4, -0.2) is 28.7 Å². The van der Waals surface area contributed by atoms with E-state index in [0.29, 0.717) is 12.2 Å². The lowest BCUT2D eigenvalue weighted by Gasteiger charge is -2.10. The lowest BCUT2D eigenvalue weighted by Crippen LogP contribution is -2.15. The van der Waals surface area contributed by atoms with Crippen LogP contribution in [0.2, 0.25) is 0 Å². The molecular formula is C20H20FN3O2. The van der Waals surface area contributed by atoms with Crippen molar-refractivity contribution in [3.05, 3.63) is 42.1 Å². The molecule has 0 unspecified atom stereocenters. The summed E-state index contributed by atoms with van der Waals surface area (Å²) in [6, 6.07) is 9.70. The number of methoxy groups -OCH3 is 1. The van der Waals surface area contributed by atoms with Crippen molar-refractivity contribution < 1.29 is 13.9 Å². The highest BCUT2D eigenvalue weighted by Gasteiger charge is 2.43. The van der Waals surface area contributed by atoms with Crippen LogP contribution in [0.5, 0.6) is 5.75 Å². The maximum atomic E-state index is 13.1. The Labute approximate surface area is 150 Å².